The molecule has 0 aliphatic rings. The summed E-state index contributed by atoms with van der Waals surface area (Å²) in [5, 5.41) is 0. The summed E-state index contributed by atoms with van der Waals surface area (Å²) in [5.74, 6) is 0. The minimum atomic E-state index is 0.0696. The Labute approximate surface area is 85.7 Å². The van der Waals surface area contributed by atoms with Crippen LogP contribution in [0, 0.1) is 0 Å². The van der Waals surface area contributed by atoms with Gasteiger partial charge in [0.2, 0.25) is 0 Å². The number of nitrogens with two attached hydrogens (primary N) is 2. The second-order valence-electron chi connectivity index (χ2n) is 3.76. The minimum absolute atomic E-state index is 0.0696. The predicted octanol–water partition coefficient (Wildman–Crippen LogP) is 0.581. The summed E-state index contributed by atoms with van der Waals surface area (Å²) in [6, 6.07) is 8.47. The Morgan fingerprint density at radius 1 is 1.21 bits per heavy atom. The Bertz CT molecular complexity index is 266. The quantitative estimate of drug-likeness (QED) is 0.735. The van der Waals surface area contributed by atoms with E-state index in [1.807, 2.05) is 14.1 Å². The molecule has 0 amide bonds. The van der Waals surface area contributed by atoms with Gasteiger partial charge in [0.25, 0.3) is 0 Å². The number of rotatable bonds is 4. The molecule has 1 aromatic carbocycles. The highest BCUT2D eigenvalue weighted by Gasteiger charge is 2.01. The van der Waals surface area contributed by atoms with E-state index in [2.05, 4.69) is 29.2 Å². The first kappa shape index (κ1) is 11.0. The van der Waals surface area contributed by atoms with Gasteiger partial charge < -0.3 is 16.4 Å². The second kappa shape index (κ2) is 4.98. The first-order chi connectivity index (χ1) is 6.63. The molecule has 3 heteroatoms. The van der Waals surface area contributed by atoms with Crippen molar-refractivity contribution in [3.8, 4) is 0 Å². The van der Waals surface area contributed by atoms with Gasteiger partial charge in [0.05, 0.1) is 0 Å². The smallest absolute Gasteiger partial charge is 0.0361 e. The van der Waals surface area contributed by atoms with Crippen LogP contribution in [0.5, 0.6) is 0 Å². The van der Waals surface area contributed by atoms with Crippen molar-refractivity contribution in [2.75, 3.05) is 25.5 Å². The zero-order chi connectivity index (χ0) is 10.6. The Kier molecular flexibility index (Phi) is 3.92. The zero-order valence-corrected chi connectivity index (χ0v) is 8.90. The van der Waals surface area contributed by atoms with Gasteiger partial charge in [-0.3, -0.25) is 0 Å². The molecule has 0 fully saturated rings. The Balaban J connectivity index is 2.64. The van der Waals surface area contributed by atoms with Crippen LogP contribution in [-0.4, -0.2) is 26.7 Å². The Hall–Kier alpha value is -1.06. The molecule has 1 aromatic rings. The Morgan fingerprint density at radius 2 is 1.79 bits per heavy atom. The molecule has 0 aliphatic heterocycles. The first-order valence-corrected chi connectivity index (χ1v) is 4.85. The van der Waals surface area contributed by atoms with Crippen LogP contribution in [-0.2, 0) is 6.42 Å². The van der Waals surface area contributed by atoms with E-state index in [9.17, 15) is 0 Å². The van der Waals surface area contributed by atoms with Gasteiger partial charge in [-0.15, -0.1) is 0 Å². The fourth-order valence-corrected chi connectivity index (χ4v) is 1.32. The maximum atomic E-state index is 5.77. The van der Waals surface area contributed by atoms with Crippen LogP contribution in [0.3, 0.4) is 0 Å². The largest absolute Gasteiger partial charge is 0.378 e. The molecule has 0 radical (unpaired) electrons. The molecule has 0 spiro atoms. The van der Waals surface area contributed by atoms with Crippen molar-refractivity contribution in [2.45, 2.75) is 12.5 Å². The lowest BCUT2D eigenvalue weighted by atomic mass is 10.1. The molecule has 0 bridgehead atoms. The van der Waals surface area contributed by atoms with Crippen molar-refractivity contribution < 1.29 is 0 Å². The van der Waals surface area contributed by atoms with Crippen molar-refractivity contribution >= 4 is 5.69 Å². The number of hydrogen-bond acceptors (Lipinski definition) is 3. The average molecular weight is 193 g/mol. The van der Waals surface area contributed by atoms with Gasteiger partial charge in [0.1, 0.15) is 0 Å². The van der Waals surface area contributed by atoms with E-state index in [4.69, 9.17) is 11.5 Å². The Morgan fingerprint density at radius 3 is 2.21 bits per heavy atom. The minimum Gasteiger partial charge on any atom is -0.378 e. The van der Waals surface area contributed by atoms with Crippen LogP contribution in [0.25, 0.3) is 0 Å². The second-order valence-corrected chi connectivity index (χ2v) is 3.76. The molecule has 1 rings (SSSR count). The highest BCUT2D eigenvalue weighted by atomic mass is 15.1. The van der Waals surface area contributed by atoms with E-state index >= 15 is 0 Å². The van der Waals surface area contributed by atoms with Crippen LogP contribution in [0.4, 0.5) is 5.69 Å². The maximum absolute atomic E-state index is 5.77. The number of nitrogens with zero attached hydrogens (tertiary/aromatic N) is 1. The summed E-state index contributed by atoms with van der Waals surface area (Å²) < 4.78 is 0. The van der Waals surface area contributed by atoms with E-state index < -0.39 is 0 Å². The van der Waals surface area contributed by atoms with Gasteiger partial charge in [-0.05, 0) is 24.1 Å². The van der Waals surface area contributed by atoms with Crippen molar-refractivity contribution in [1.82, 2.24) is 0 Å². The molecule has 0 aliphatic carbocycles. The molecule has 1 unspecified atom stereocenters. The molecule has 14 heavy (non-hydrogen) atoms. The molecular weight excluding hydrogens is 174 g/mol. The third-order valence-electron chi connectivity index (χ3n) is 2.25. The van der Waals surface area contributed by atoms with Gasteiger partial charge in [-0.2, -0.15) is 0 Å². The maximum Gasteiger partial charge on any atom is 0.0361 e. The van der Waals surface area contributed by atoms with Crippen LogP contribution in [0.1, 0.15) is 5.56 Å². The van der Waals surface area contributed by atoms with Crippen LogP contribution in [0.2, 0.25) is 0 Å². The van der Waals surface area contributed by atoms with Crippen molar-refractivity contribution in [3.05, 3.63) is 29.8 Å². The molecule has 3 nitrogen and oxygen atoms in total. The third kappa shape index (κ3) is 3.01. The standard InChI is InChI=1S/C11H19N3/c1-14(2)11-5-3-9(4-6-11)7-10(13)8-12/h3-6,10H,7-8,12-13H2,1-2H3. The molecular formula is C11H19N3. The number of anilines is 1. The average Bonchev–Trinajstić information content (AvgIpc) is 2.18. The summed E-state index contributed by atoms with van der Waals surface area (Å²) in [7, 11) is 4.06. The molecule has 78 valence electrons. The lowest BCUT2D eigenvalue weighted by molar-refractivity contribution is 0.678. The summed E-state index contributed by atoms with van der Waals surface area (Å²) in [6.45, 7) is 0.537. The third-order valence-corrected chi connectivity index (χ3v) is 2.25. The van der Waals surface area contributed by atoms with Crippen molar-refractivity contribution in [3.63, 3.8) is 0 Å². The van der Waals surface area contributed by atoms with Gasteiger partial charge >= 0.3 is 0 Å². The van der Waals surface area contributed by atoms with E-state index in [1.165, 1.54) is 11.3 Å². The summed E-state index contributed by atoms with van der Waals surface area (Å²) >= 11 is 0. The summed E-state index contributed by atoms with van der Waals surface area (Å²) in [6.07, 6.45) is 0.851. The summed E-state index contributed by atoms with van der Waals surface area (Å²) in [4.78, 5) is 2.08. The monoisotopic (exact) mass is 193 g/mol. The van der Waals surface area contributed by atoms with Gasteiger partial charge in [0, 0.05) is 32.4 Å². The van der Waals surface area contributed by atoms with Crippen LogP contribution < -0.4 is 16.4 Å². The fourth-order valence-electron chi connectivity index (χ4n) is 1.32. The van der Waals surface area contributed by atoms with Crippen LogP contribution in [0.15, 0.2) is 24.3 Å². The topological polar surface area (TPSA) is 55.3 Å². The van der Waals surface area contributed by atoms with Gasteiger partial charge in [-0.25, -0.2) is 0 Å². The van der Waals surface area contributed by atoms with Gasteiger partial charge in [-0.1, -0.05) is 12.1 Å². The number of hydrogen-bond donors (Lipinski definition) is 2. The lowest BCUT2D eigenvalue weighted by Crippen LogP contribution is -2.31. The summed E-state index contributed by atoms with van der Waals surface area (Å²) in [5.41, 5.74) is 13.7. The zero-order valence-electron chi connectivity index (χ0n) is 8.90. The lowest BCUT2D eigenvalue weighted by Gasteiger charge is -2.13. The molecule has 4 N–H and O–H groups in total. The molecule has 0 aromatic heterocycles. The van der Waals surface area contributed by atoms with E-state index in [0.717, 1.165) is 6.42 Å². The van der Waals surface area contributed by atoms with Crippen molar-refractivity contribution in [2.24, 2.45) is 11.5 Å². The van der Waals surface area contributed by atoms with E-state index in [1.54, 1.807) is 0 Å². The molecule has 0 saturated heterocycles. The van der Waals surface area contributed by atoms with Crippen LogP contribution >= 0.6 is 0 Å². The van der Waals surface area contributed by atoms with Gasteiger partial charge in [0.15, 0.2) is 0 Å². The highest BCUT2D eigenvalue weighted by Crippen LogP contribution is 2.12. The fraction of sp³-hybridized carbons (Fsp3) is 0.455. The van der Waals surface area contributed by atoms with E-state index in [-0.39, 0.29) is 6.04 Å². The van der Waals surface area contributed by atoms with Crippen molar-refractivity contribution in [1.29, 1.82) is 0 Å². The van der Waals surface area contributed by atoms with E-state index in [0.29, 0.717) is 6.54 Å². The molecule has 0 heterocycles. The number of benzene rings is 1. The highest BCUT2D eigenvalue weighted by molar-refractivity contribution is 5.46. The molecule has 0 saturated carbocycles. The SMILES string of the molecule is CN(C)c1ccc(CC(N)CN)cc1. The normalized spacial score (nSPS) is 12.6. The molecule has 1 atom stereocenters. The predicted molar refractivity (Wildman–Crippen MR) is 61.5 cm³/mol. The first-order valence-electron chi connectivity index (χ1n) is 4.85.